The summed E-state index contributed by atoms with van der Waals surface area (Å²) < 4.78 is 16.9. The summed E-state index contributed by atoms with van der Waals surface area (Å²) in [5.74, 6) is -0.779. The summed E-state index contributed by atoms with van der Waals surface area (Å²) in [5.41, 5.74) is 0.935. The highest BCUT2D eigenvalue weighted by Gasteiger charge is 2.35. The van der Waals surface area contributed by atoms with Crippen molar-refractivity contribution >= 4 is 23.7 Å². The summed E-state index contributed by atoms with van der Waals surface area (Å²) in [6, 6.07) is 7.23. The van der Waals surface area contributed by atoms with Crippen molar-refractivity contribution in [1.82, 2.24) is 10.2 Å². The fourth-order valence-electron chi connectivity index (χ4n) is 7.85. The number of piperidine rings is 2. The lowest BCUT2D eigenvalue weighted by Gasteiger charge is -2.44. The van der Waals surface area contributed by atoms with E-state index in [0.29, 0.717) is 79.7 Å². The fourth-order valence-corrected chi connectivity index (χ4v) is 7.85. The highest BCUT2D eigenvalue weighted by Crippen LogP contribution is 2.46. The number of esters is 1. The first kappa shape index (κ1) is 33.8. The van der Waals surface area contributed by atoms with Crippen LogP contribution in [-0.4, -0.2) is 71.3 Å². The van der Waals surface area contributed by atoms with E-state index in [0.717, 1.165) is 32.4 Å². The molecule has 0 saturated carbocycles. The van der Waals surface area contributed by atoms with Crippen molar-refractivity contribution in [3.8, 4) is 23.0 Å². The first-order valence-electron chi connectivity index (χ1n) is 17.7. The summed E-state index contributed by atoms with van der Waals surface area (Å²) in [7, 11) is 0. The van der Waals surface area contributed by atoms with Crippen molar-refractivity contribution in [3.63, 3.8) is 0 Å². The largest absolute Gasteiger partial charge is 0.507 e. The molecule has 0 bridgehead atoms. The molecular weight excluding hydrogens is 612 g/mol. The number of allylic oxidation sites excluding steroid dienone is 1. The summed E-state index contributed by atoms with van der Waals surface area (Å²) in [4.78, 5) is 42.2. The van der Waals surface area contributed by atoms with Crippen LogP contribution in [0.3, 0.4) is 0 Å². The van der Waals surface area contributed by atoms with E-state index in [2.05, 4.69) is 10.2 Å². The van der Waals surface area contributed by atoms with E-state index in [9.17, 15) is 24.6 Å². The average molecular weight is 661 g/mol. The number of phenols is 2. The van der Waals surface area contributed by atoms with Gasteiger partial charge in [-0.2, -0.15) is 0 Å². The number of nitrogens with zero attached hydrogens (tertiary/aromatic N) is 1. The van der Waals surface area contributed by atoms with E-state index >= 15 is 0 Å². The van der Waals surface area contributed by atoms with E-state index in [1.165, 1.54) is 18.9 Å². The van der Waals surface area contributed by atoms with Gasteiger partial charge in [-0.3, -0.25) is 9.59 Å². The number of aromatic hydroxyl groups is 2. The molecule has 2 fully saturated rings. The number of cyclic esters (lactones) is 1. The van der Waals surface area contributed by atoms with Crippen LogP contribution in [0, 0.1) is 5.92 Å². The molecule has 48 heavy (non-hydrogen) atoms. The average Bonchev–Trinajstić information content (AvgIpc) is 3.54. The van der Waals surface area contributed by atoms with Gasteiger partial charge in [0.2, 0.25) is 12.7 Å². The molecule has 4 aliphatic heterocycles. The maximum Gasteiger partial charge on any atom is 0.342 e. The van der Waals surface area contributed by atoms with Gasteiger partial charge in [-0.05, 0) is 107 Å². The number of ketones is 1. The van der Waals surface area contributed by atoms with Crippen LogP contribution in [0.5, 0.6) is 23.0 Å². The molecule has 258 valence electrons. The van der Waals surface area contributed by atoms with Crippen LogP contribution >= 0.6 is 0 Å². The molecule has 3 N–H and O–H groups in total. The minimum Gasteiger partial charge on any atom is -0.507 e. The monoisotopic (exact) mass is 660 g/mol. The van der Waals surface area contributed by atoms with Crippen LogP contribution in [0.2, 0.25) is 0 Å². The van der Waals surface area contributed by atoms with E-state index in [1.807, 2.05) is 6.08 Å². The molecule has 4 atom stereocenters. The quantitative estimate of drug-likeness (QED) is 0.309. The Morgan fingerprint density at radius 2 is 1.79 bits per heavy atom. The summed E-state index contributed by atoms with van der Waals surface area (Å²) in [6.45, 7) is 4.64. The zero-order valence-corrected chi connectivity index (χ0v) is 27.9. The Bertz CT molecular complexity index is 1540. The first-order valence-corrected chi connectivity index (χ1v) is 17.7. The molecule has 0 radical (unpaired) electrons. The Balaban J connectivity index is 1.32. The van der Waals surface area contributed by atoms with E-state index < -0.39 is 23.7 Å². The number of carbonyl (C=O) groups is 3. The lowest BCUT2D eigenvalue weighted by atomic mass is 9.83. The molecule has 10 heteroatoms. The van der Waals surface area contributed by atoms with Gasteiger partial charge in [0.25, 0.3) is 0 Å². The van der Waals surface area contributed by atoms with Crippen LogP contribution in [0.4, 0.5) is 0 Å². The van der Waals surface area contributed by atoms with Crippen LogP contribution < -0.4 is 14.8 Å². The highest BCUT2D eigenvalue weighted by molar-refractivity contribution is 5.98. The van der Waals surface area contributed by atoms with E-state index in [1.54, 1.807) is 31.2 Å². The van der Waals surface area contributed by atoms with Gasteiger partial charge in [0.05, 0.1) is 6.10 Å². The van der Waals surface area contributed by atoms with E-state index in [4.69, 9.17) is 14.2 Å². The number of hydrogen-bond donors (Lipinski definition) is 3. The summed E-state index contributed by atoms with van der Waals surface area (Å²) in [6.07, 6.45) is 12.0. The van der Waals surface area contributed by atoms with Gasteiger partial charge in [-0.15, -0.1) is 0 Å². The predicted octanol–water partition coefficient (Wildman–Crippen LogP) is 6.21. The summed E-state index contributed by atoms with van der Waals surface area (Å²) in [5, 5.41) is 26.6. The third-order valence-electron chi connectivity index (χ3n) is 10.4. The topological polar surface area (TPSA) is 135 Å². The van der Waals surface area contributed by atoms with E-state index in [-0.39, 0.29) is 41.8 Å². The molecule has 4 aliphatic rings. The number of benzene rings is 2. The van der Waals surface area contributed by atoms with Gasteiger partial charge in [0.15, 0.2) is 11.5 Å². The third-order valence-corrected chi connectivity index (χ3v) is 10.4. The zero-order valence-electron chi connectivity index (χ0n) is 27.9. The fraction of sp³-hybridized carbons (Fsp3) is 0.553. The maximum absolute atomic E-state index is 13.7. The zero-order chi connectivity index (χ0) is 33.6. The number of hydrogen-bond acceptors (Lipinski definition) is 9. The number of carbonyl (C=O) groups excluding carboxylic acids is 3. The number of amides is 1. The van der Waals surface area contributed by atoms with Crippen molar-refractivity contribution in [3.05, 3.63) is 52.6 Å². The van der Waals surface area contributed by atoms with Gasteiger partial charge < -0.3 is 34.6 Å². The van der Waals surface area contributed by atoms with Crippen LogP contribution in [0.25, 0.3) is 6.08 Å². The third kappa shape index (κ3) is 7.80. The minimum absolute atomic E-state index is 0.0650. The Kier molecular flexibility index (Phi) is 10.9. The molecule has 0 aliphatic carbocycles. The lowest BCUT2D eigenvalue weighted by Crippen LogP contribution is -2.51. The Morgan fingerprint density at radius 3 is 2.67 bits per heavy atom. The van der Waals surface area contributed by atoms with Gasteiger partial charge >= 0.3 is 5.97 Å². The number of nitrogens with one attached hydrogen (secondary N) is 1. The second-order valence-corrected chi connectivity index (χ2v) is 13.7. The van der Waals surface area contributed by atoms with Crippen molar-refractivity contribution < 1.29 is 38.8 Å². The van der Waals surface area contributed by atoms with Gasteiger partial charge in [0.1, 0.15) is 22.8 Å². The molecule has 2 saturated heterocycles. The van der Waals surface area contributed by atoms with Crippen LogP contribution in [-0.2, 0) is 14.3 Å². The number of Topliss-reactive ketones (excluding diaryl/α,β-unsaturated/α-hetero) is 1. The molecular formula is C38H48N2O8. The number of rotatable bonds is 6. The second kappa shape index (κ2) is 15.4. The molecule has 4 heterocycles. The Labute approximate surface area is 282 Å². The lowest BCUT2D eigenvalue weighted by molar-refractivity contribution is -0.122. The molecule has 2 aromatic rings. The molecule has 1 amide bonds. The molecule has 0 aromatic heterocycles. The van der Waals surface area contributed by atoms with Crippen molar-refractivity contribution in [1.29, 1.82) is 0 Å². The van der Waals surface area contributed by atoms with Gasteiger partial charge in [0, 0.05) is 43.3 Å². The molecule has 1 unspecified atom stereocenters. The predicted molar refractivity (Wildman–Crippen MR) is 180 cm³/mol. The van der Waals surface area contributed by atoms with Crippen LogP contribution in [0.1, 0.15) is 117 Å². The van der Waals surface area contributed by atoms with Crippen molar-refractivity contribution in [2.75, 3.05) is 26.4 Å². The normalized spacial score (nSPS) is 24.1. The summed E-state index contributed by atoms with van der Waals surface area (Å²) >= 11 is 0. The second-order valence-electron chi connectivity index (χ2n) is 13.7. The molecule has 0 spiro atoms. The van der Waals surface area contributed by atoms with Gasteiger partial charge in [-0.25, -0.2) is 4.79 Å². The van der Waals surface area contributed by atoms with Gasteiger partial charge in [-0.1, -0.05) is 24.6 Å². The van der Waals surface area contributed by atoms with Crippen molar-refractivity contribution in [2.45, 2.75) is 102 Å². The van der Waals surface area contributed by atoms with Crippen molar-refractivity contribution in [2.24, 2.45) is 5.92 Å². The number of phenolic OH excluding ortho intramolecular Hbond substituents is 2. The standard InChI is InChI=1S/C38H48N2O8/c1-24-9-7-13-28(41)12-4-2-3-10-26-19-31(42)36(37(44)35(26)38(45)48-24)29(25-15-16-32-33(20-25)47-23-46-32)21-34(43)39-22-27-11-8-18-40-17-6-5-14-30(27)40/h3,10,15-16,19-20,24,27,29-30,42,44H,2,4-9,11-14,17-18,21-23H2,1H3,(H,39,43)/t24-,27-,29?,30+/m0/s1. The Morgan fingerprint density at radius 1 is 0.979 bits per heavy atom. The molecule has 10 nitrogen and oxygen atoms in total. The van der Waals surface area contributed by atoms with Crippen LogP contribution in [0.15, 0.2) is 30.3 Å². The Hall–Kier alpha value is -4.05. The molecule has 2 aromatic carbocycles. The number of fused-ring (bicyclic) bond motifs is 3. The smallest absolute Gasteiger partial charge is 0.342 e. The number of ether oxygens (including phenoxy) is 3. The minimum atomic E-state index is -0.810. The highest BCUT2D eigenvalue weighted by atomic mass is 16.7. The molecule has 6 rings (SSSR count). The first-order chi connectivity index (χ1) is 23.3. The maximum atomic E-state index is 13.7. The SMILES string of the molecule is C[C@H]1CCCC(=O)CCCC=Cc2cc(O)c(C(CC(=O)NC[C@@H]3CCCN4CCCC[C@H]34)c3ccc4c(c3)OCO4)c(O)c2C(=O)O1.